The zero-order valence-electron chi connectivity index (χ0n) is 33.6. The Hall–Kier alpha value is -2.66. The zero-order chi connectivity index (χ0) is 35.3. The van der Waals surface area contributed by atoms with E-state index in [4.69, 9.17) is 20.0 Å². The summed E-state index contributed by atoms with van der Waals surface area (Å²) in [4.78, 5) is 22.5. The molecule has 5 rings (SSSR count). The molecule has 50 heavy (non-hydrogen) atoms. The van der Waals surface area contributed by atoms with Crippen LogP contribution in [0.25, 0.3) is 12.2 Å². The van der Waals surface area contributed by atoms with E-state index in [0.29, 0.717) is 0 Å². The van der Waals surface area contributed by atoms with Crippen LogP contribution in [0.5, 0.6) is 0 Å². The Morgan fingerprint density at radius 1 is 0.480 bits per heavy atom. The molecule has 2 atom stereocenters. The number of fused-ring (bicyclic) bond motifs is 6. The van der Waals surface area contributed by atoms with Gasteiger partial charge in [0.05, 0.1) is 22.8 Å². The molecule has 0 radical (unpaired) electrons. The van der Waals surface area contributed by atoms with Crippen LogP contribution >= 0.6 is 0 Å². The molecule has 3 aliphatic heterocycles. The summed E-state index contributed by atoms with van der Waals surface area (Å²) in [5.41, 5.74) is 20.2. The molecule has 0 fully saturated rings. The van der Waals surface area contributed by atoms with Crippen molar-refractivity contribution in [3.05, 3.63) is 78.7 Å². The van der Waals surface area contributed by atoms with E-state index in [0.717, 1.165) is 74.1 Å². The van der Waals surface area contributed by atoms with E-state index in [1.165, 1.54) is 67.4 Å². The Morgan fingerprint density at radius 2 is 0.780 bits per heavy atom. The molecule has 2 N–H and O–H groups in total. The van der Waals surface area contributed by atoms with Crippen molar-refractivity contribution >= 4 is 23.6 Å². The largest absolute Gasteiger partial charge is 2.00 e. The van der Waals surface area contributed by atoms with Crippen LogP contribution in [0.1, 0.15) is 179 Å². The number of aromatic nitrogens is 2. The van der Waals surface area contributed by atoms with Crippen LogP contribution in [0, 0.1) is 10.8 Å². The maximum Gasteiger partial charge on any atom is 2.00 e. The summed E-state index contributed by atoms with van der Waals surface area (Å²) >= 11 is 0. The number of aliphatic imine (C=N–C) groups is 2. The second kappa shape index (κ2) is 15.9. The van der Waals surface area contributed by atoms with Crippen LogP contribution < -0.4 is 9.97 Å². The van der Waals surface area contributed by atoms with Gasteiger partial charge in [-0.05, 0) is 84.5 Å². The molecular formula is C44H64FeN4O. The summed E-state index contributed by atoms with van der Waals surface area (Å²) in [6.07, 6.45) is 12.3. The van der Waals surface area contributed by atoms with E-state index in [-0.39, 0.29) is 45.2 Å². The molecule has 0 aliphatic carbocycles. The van der Waals surface area contributed by atoms with Gasteiger partial charge in [-0.25, -0.2) is 0 Å². The summed E-state index contributed by atoms with van der Waals surface area (Å²) in [6.45, 7) is 32.6. The Balaban J connectivity index is 0.00000338. The molecule has 0 aromatic carbocycles. The van der Waals surface area contributed by atoms with Crippen molar-refractivity contribution in [2.45, 2.75) is 160 Å². The normalized spacial score (nSPS) is 19.2. The van der Waals surface area contributed by atoms with Crippen LogP contribution in [0.2, 0.25) is 0 Å². The van der Waals surface area contributed by atoms with Crippen molar-refractivity contribution in [1.29, 1.82) is 0 Å². The predicted octanol–water partition coefficient (Wildman–Crippen LogP) is 10.8. The van der Waals surface area contributed by atoms with E-state index in [1.54, 1.807) is 0 Å². The summed E-state index contributed by atoms with van der Waals surface area (Å²) in [5, 5.41) is 0. The quantitative estimate of drug-likeness (QED) is 0.254. The van der Waals surface area contributed by atoms with Crippen LogP contribution in [-0.2, 0) is 42.8 Å². The third-order valence-corrected chi connectivity index (χ3v) is 11.1. The molecule has 0 spiro atoms. The second-order valence-corrected chi connectivity index (χ2v) is 16.1. The minimum absolute atomic E-state index is 0. The van der Waals surface area contributed by atoms with Gasteiger partial charge in [0.25, 0.3) is 0 Å². The molecule has 5 nitrogen and oxygen atoms in total. The minimum Gasteiger partial charge on any atom is -0.660 e. The molecular weight excluding hydrogens is 656 g/mol. The number of rotatable bonds is 8. The molecule has 2 aromatic rings. The van der Waals surface area contributed by atoms with Gasteiger partial charge in [0.15, 0.2) is 0 Å². The van der Waals surface area contributed by atoms with Crippen LogP contribution in [0.3, 0.4) is 0 Å². The van der Waals surface area contributed by atoms with Gasteiger partial charge in [-0.3, -0.25) is 9.98 Å². The molecule has 3 aliphatic rings. The van der Waals surface area contributed by atoms with Crippen molar-refractivity contribution in [3.63, 3.8) is 0 Å². The van der Waals surface area contributed by atoms with Gasteiger partial charge in [-0.2, -0.15) is 0 Å². The van der Waals surface area contributed by atoms with E-state index in [9.17, 15) is 0 Å². The fourth-order valence-corrected chi connectivity index (χ4v) is 9.04. The molecule has 2 aromatic heterocycles. The van der Waals surface area contributed by atoms with E-state index in [1.807, 2.05) is 0 Å². The third-order valence-electron chi connectivity index (χ3n) is 11.1. The minimum atomic E-state index is -0.0716. The van der Waals surface area contributed by atoms with E-state index >= 15 is 0 Å². The molecule has 274 valence electrons. The fourth-order valence-electron chi connectivity index (χ4n) is 9.04. The third kappa shape index (κ3) is 6.94. The summed E-state index contributed by atoms with van der Waals surface area (Å²) in [5.74, 6) is 0.168. The van der Waals surface area contributed by atoms with Crippen molar-refractivity contribution in [2.24, 2.45) is 20.8 Å². The van der Waals surface area contributed by atoms with Gasteiger partial charge in [0.1, 0.15) is 0 Å². The first-order valence-electron chi connectivity index (χ1n) is 19.2. The predicted molar refractivity (Wildman–Crippen MR) is 211 cm³/mol. The smallest absolute Gasteiger partial charge is 0.660 e. The Bertz CT molecular complexity index is 1640. The van der Waals surface area contributed by atoms with Crippen molar-refractivity contribution in [3.8, 4) is 0 Å². The maximum atomic E-state index is 5.63. The zero-order valence-corrected chi connectivity index (χ0v) is 34.7. The fraction of sp³-hybridized carbons (Fsp3) is 0.591. The first-order valence-corrected chi connectivity index (χ1v) is 19.2. The number of allylic oxidation sites excluding steroid dienone is 4. The Morgan fingerprint density at radius 3 is 1.02 bits per heavy atom. The maximum absolute atomic E-state index is 5.63. The summed E-state index contributed by atoms with van der Waals surface area (Å²) < 4.78 is 0. The topological polar surface area (TPSA) is 84.4 Å². The van der Waals surface area contributed by atoms with E-state index < -0.39 is 0 Å². The molecule has 6 heteroatoms. The number of hydrogen-bond donors (Lipinski definition) is 0. The van der Waals surface area contributed by atoms with Crippen molar-refractivity contribution in [2.75, 3.05) is 0 Å². The SMILES string of the molecule is CCC1=C(CC)C2=NC1=Cc1[n-]c(c(CC)c1CC)C(C(C)(C)C)C1=NC(=Cc3[n-]c(c(CC)c3CC)C2C(C)(C)C)C(CC)=C1CC.O.[Fe+2]. The first kappa shape index (κ1) is 41.8. The van der Waals surface area contributed by atoms with Crippen LogP contribution in [0.4, 0.5) is 0 Å². The number of hydrogen-bond acceptors (Lipinski definition) is 2. The monoisotopic (exact) mass is 720 g/mol. The average molecular weight is 721 g/mol. The van der Waals surface area contributed by atoms with Gasteiger partial charge in [0.2, 0.25) is 0 Å². The summed E-state index contributed by atoms with van der Waals surface area (Å²) in [6, 6.07) is 0. The van der Waals surface area contributed by atoms with Gasteiger partial charge >= 0.3 is 17.1 Å². The Labute approximate surface area is 314 Å². The molecule has 2 unspecified atom stereocenters. The van der Waals surface area contributed by atoms with Gasteiger partial charge < -0.3 is 15.4 Å². The molecule has 5 heterocycles. The van der Waals surface area contributed by atoms with Gasteiger partial charge in [-0.1, -0.05) is 131 Å². The van der Waals surface area contributed by atoms with Gasteiger partial charge in [-0.15, -0.1) is 22.8 Å². The Kier molecular flexibility index (Phi) is 13.3. The van der Waals surface area contributed by atoms with Crippen molar-refractivity contribution in [1.82, 2.24) is 9.97 Å². The first-order chi connectivity index (χ1) is 22.7. The van der Waals surface area contributed by atoms with Crippen LogP contribution in [-0.4, -0.2) is 16.9 Å². The average Bonchev–Trinajstić information content (AvgIpc) is 3.75. The second-order valence-electron chi connectivity index (χ2n) is 16.1. The molecule has 0 saturated carbocycles. The van der Waals surface area contributed by atoms with E-state index in [2.05, 4.69) is 109 Å². The standard InChI is InChI=1S/C44H62N4.Fe.H2O/c1-15-25-29(19-5)39-37(43(9,10)11)40-31(21-7)27(17-3)35(47-40)24-36-28(18-4)32(22-8)42(48-36)38(44(12,13)14)41-30(20-6)26(16-2)34(46-41)23-33(25)45-39;;/h23-24,37-38H,15-22H2,1-14H3;;1H2/q-2;+2;. The number of nitrogens with zero attached hydrogens (tertiary/aromatic N) is 4. The molecule has 0 amide bonds. The van der Waals surface area contributed by atoms with Crippen LogP contribution in [0.15, 0.2) is 43.7 Å². The molecule has 0 saturated heterocycles. The van der Waals surface area contributed by atoms with Gasteiger partial charge in [0, 0.05) is 11.8 Å². The summed E-state index contributed by atoms with van der Waals surface area (Å²) in [7, 11) is 0. The van der Waals surface area contributed by atoms with Crippen molar-refractivity contribution < 1.29 is 22.5 Å². The molecule has 8 bridgehead atoms.